The minimum absolute atomic E-state index is 0.131. The Morgan fingerprint density at radius 3 is 2.84 bits per heavy atom. The average molecular weight is 266 g/mol. The van der Waals surface area contributed by atoms with Crippen LogP contribution >= 0.6 is 0 Å². The number of phenols is 1. The molecule has 1 heterocycles. The van der Waals surface area contributed by atoms with Gasteiger partial charge in [0.05, 0.1) is 5.56 Å². The van der Waals surface area contributed by atoms with E-state index >= 15 is 0 Å². The second-order valence-corrected chi connectivity index (χ2v) is 4.43. The number of hydrogen-bond acceptors (Lipinski definition) is 3. The van der Waals surface area contributed by atoms with Gasteiger partial charge in [-0.3, -0.25) is 9.59 Å². The van der Waals surface area contributed by atoms with E-state index in [0.29, 0.717) is 19.4 Å². The van der Waals surface area contributed by atoms with Crippen LogP contribution < -0.4 is 5.32 Å². The highest BCUT2D eigenvalue weighted by Gasteiger charge is 2.34. The molecule has 2 amide bonds. The smallest absolute Gasteiger partial charge is 0.257 e. The number of benzene rings is 1. The number of carbonyl (C=O) groups is 2. The van der Waals surface area contributed by atoms with E-state index < -0.39 is 17.8 Å². The van der Waals surface area contributed by atoms with Crippen molar-refractivity contribution in [1.29, 1.82) is 0 Å². The zero-order valence-corrected chi connectivity index (χ0v) is 10.5. The van der Waals surface area contributed by atoms with E-state index in [4.69, 9.17) is 5.11 Å². The summed E-state index contributed by atoms with van der Waals surface area (Å²) in [5.41, 5.74) is -0.131. The zero-order valence-electron chi connectivity index (χ0n) is 10.5. The Morgan fingerprint density at radius 2 is 2.21 bits per heavy atom. The average Bonchev–Trinajstić information content (AvgIpc) is 2.86. The van der Waals surface area contributed by atoms with E-state index in [1.54, 1.807) is 0 Å². The minimum Gasteiger partial charge on any atom is -0.508 e. The maximum atomic E-state index is 13.7. The molecule has 102 valence electrons. The maximum absolute atomic E-state index is 13.7. The number of phenolic OH excluding ortho intramolecular Hbond substituents is 1. The molecule has 1 aromatic carbocycles. The van der Waals surface area contributed by atoms with Gasteiger partial charge in [-0.15, -0.1) is 0 Å². The van der Waals surface area contributed by atoms with Gasteiger partial charge in [0.15, 0.2) is 0 Å². The molecule has 19 heavy (non-hydrogen) atoms. The number of aromatic hydroxyl groups is 1. The van der Waals surface area contributed by atoms with Crippen molar-refractivity contribution < 1.29 is 19.1 Å². The van der Waals surface area contributed by atoms with Gasteiger partial charge in [-0.2, -0.15) is 0 Å². The summed E-state index contributed by atoms with van der Waals surface area (Å²) in [5.74, 6) is -1.79. The van der Waals surface area contributed by atoms with Crippen LogP contribution in [0.25, 0.3) is 0 Å². The molecule has 0 saturated carbocycles. The molecule has 1 aliphatic heterocycles. The Hall–Kier alpha value is -2.11. The predicted octanol–water partition coefficient (Wildman–Crippen LogP) is 0.882. The van der Waals surface area contributed by atoms with Crippen LogP contribution in [0.1, 0.15) is 23.2 Å². The number of nitrogens with one attached hydrogen (secondary N) is 1. The lowest BCUT2D eigenvalue weighted by molar-refractivity contribution is -0.124. The number of rotatable bonds is 2. The van der Waals surface area contributed by atoms with Crippen molar-refractivity contribution in [2.45, 2.75) is 18.9 Å². The number of hydrogen-bond donors (Lipinski definition) is 2. The van der Waals surface area contributed by atoms with E-state index in [2.05, 4.69) is 5.32 Å². The quantitative estimate of drug-likeness (QED) is 0.835. The predicted molar refractivity (Wildman–Crippen MR) is 66.2 cm³/mol. The Bertz CT molecular complexity index is 519. The minimum atomic E-state index is -0.785. The van der Waals surface area contributed by atoms with Crippen molar-refractivity contribution in [3.8, 4) is 5.75 Å². The summed E-state index contributed by atoms with van der Waals surface area (Å²) in [6.07, 6.45) is 1.29. The lowest BCUT2D eigenvalue weighted by atomic mass is 10.1. The molecule has 0 aliphatic carbocycles. The molecule has 1 atom stereocenters. The van der Waals surface area contributed by atoms with Crippen LogP contribution in [-0.4, -0.2) is 41.5 Å². The van der Waals surface area contributed by atoms with Crippen molar-refractivity contribution in [3.63, 3.8) is 0 Å². The van der Waals surface area contributed by atoms with Crippen LogP contribution in [0.15, 0.2) is 18.2 Å². The lowest BCUT2D eigenvalue weighted by Gasteiger charge is -2.23. The molecule has 1 aliphatic rings. The fourth-order valence-electron chi connectivity index (χ4n) is 2.28. The zero-order chi connectivity index (χ0) is 14.0. The number of carbonyl (C=O) groups excluding carboxylic acids is 2. The molecule has 1 aromatic rings. The Balaban J connectivity index is 2.25. The second kappa shape index (κ2) is 5.26. The molecule has 0 radical (unpaired) electrons. The highest BCUT2D eigenvalue weighted by molar-refractivity contribution is 5.98. The first kappa shape index (κ1) is 13.3. The van der Waals surface area contributed by atoms with Crippen LogP contribution in [0, 0.1) is 5.82 Å². The number of amides is 2. The molecule has 0 spiro atoms. The van der Waals surface area contributed by atoms with E-state index in [-0.39, 0.29) is 17.2 Å². The monoisotopic (exact) mass is 266 g/mol. The van der Waals surface area contributed by atoms with E-state index in [1.807, 2.05) is 0 Å². The molecule has 0 bridgehead atoms. The van der Waals surface area contributed by atoms with Crippen molar-refractivity contribution in [1.82, 2.24) is 10.2 Å². The fourth-order valence-corrected chi connectivity index (χ4v) is 2.28. The number of nitrogens with zero attached hydrogens (tertiary/aromatic N) is 1. The largest absolute Gasteiger partial charge is 0.508 e. The number of likely N-dealkylation sites (tertiary alicyclic amines) is 1. The second-order valence-electron chi connectivity index (χ2n) is 4.43. The molecule has 2 rings (SSSR count). The molecule has 6 heteroatoms. The van der Waals surface area contributed by atoms with Crippen LogP contribution in [0.5, 0.6) is 5.75 Å². The number of likely N-dealkylation sites (N-methyl/N-ethyl adjacent to an activating group) is 1. The summed E-state index contributed by atoms with van der Waals surface area (Å²) in [4.78, 5) is 25.3. The first-order valence-electron chi connectivity index (χ1n) is 6.05. The maximum Gasteiger partial charge on any atom is 0.257 e. The lowest BCUT2D eigenvalue weighted by Crippen LogP contribution is -2.45. The third-order valence-corrected chi connectivity index (χ3v) is 3.25. The third-order valence-electron chi connectivity index (χ3n) is 3.25. The van der Waals surface area contributed by atoms with Gasteiger partial charge in [-0.1, -0.05) is 0 Å². The summed E-state index contributed by atoms with van der Waals surface area (Å²) >= 11 is 0. The molecule has 1 unspecified atom stereocenters. The van der Waals surface area contributed by atoms with E-state index in [1.165, 1.54) is 24.1 Å². The van der Waals surface area contributed by atoms with Crippen molar-refractivity contribution in [2.75, 3.05) is 13.6 Å². The molecular formula is C13H15FN2O3. The van der Waals surface area contributed by atoms with Gasteiger partial charge in [-0.05, 0) is 25.0 Å². The van der Waals surface area contributed by atoms with Crippen LogP contribution in [0.3, 0.4) is 0 Å². The highest BCUT2D eigenvalue weighted by Crippen LogP contribution is 2.23. The van der Waals surface area contributed by atoms with E-state index in [0.717, 1.165) is 6.07 Å². The van der Waals surface area contributed by atoms with Gasteiger partial charge in [0.25, 0.3) is 5.91 Å². The summed E-state index contributed by atoms with van der Waals surface area (Å²) in [5, 5.41) is 11.6. The van der Waals surface area contributed by atoms with Crippen LogP contribution in [-0.2, 0) is 4.79 Å². The topological polar surface area (TPSA) is 69.6 Å². The summed E-state index contributed by atoms with van der Waals surface area (Å²) in [6, 6.07) is 2.82. The van der Waals surface area contributed by atoms with Crippen molar-refractivity contribution >= 4 is 11.8 Å². The Labute approximate surface area is 110 Å². The van der Waals surface area contributed by atoms with Gasteiger partial charge >= 0.3 is 0 Å². The SMILES string of the molecule is CNC(=O)C1CCCN1C(=O)c1ccc(O)cc1F. The first-order valence-corrected chi connectivity index (χ1v) is 6.05. The fraction of sp³-hybridized carbons (Fsp3) is 0.385. The van der Waals surface area contributed by atoms with Crippen molar-refractivity contribution in [3.05, 3.63) is 29.6 Å². The molecule has 2 N–H and O–H groups in total. The molecule has 5 nitrogen and oxygen atoms in total. The normalized spacial score (nSPS) is 18.4. The van der Waals surface area contributed by atoms with Crippen molar-refractivity contribution in [2.24, 2.45) is 0 Å². The first-order chi connectivity index (χ1) is 9.04. The van der Waals surface area contributed by atoms with Crippen LogP contribution in [0.4, 0.5) is 4.39 Å². The molecular weight excluding hydrogens is 251 g/mol. The molecule has 1 fully saturated rings. The van der Waals surface area contributed by atoms with Gasteiger partial charge in [0.1, 0.15) is 17.6 Å². The van der Waals surface area contributed by atoms with Gasteiger partial charge in [0.2, 0.25) is 5.91 Å². The van der Waals surface area contributed by atoms with Gasteiger partial charge < -0.3 is 15.3 Å². The van der Waals surface area contributed by atoms with Gasteiger partial charge in [-0.25, -0.2) is 4.39 Å². The summed E-state index contributed by atoms with van der Waals surface area (Å²) in [6.45, 7) is 0.428. The van der Waals surface area contributed by atoms with Gasteiger partial charge in [0, 0.05) is 19.7 Å². The Morgan fingerprint density at radius 1 is 1.47 bits per heavy atom. The Kier molecular flexibility index (Phi) is 3.69. The molecule has 1 saturated heterocycles. The summed E-state index contributed by atoms with van der Waals surface area (Å²) in [7, 11) is 1.50. The third kappa shape index (κ3) is 2.52. The highest BCUT2D eigenvalue weighted by atomic mass is 19.1. The molecule has 0 aromatic heterocycles. The summed E-state index contributed by atoms with van der Waals surface area (Å²) < 4.78 is 13.7. The van der Waals surface area contributed by atoms with E-state index in [9.17, 15) is 14.0 Å². The van der Waals surface area contributed by atoms with Crippen LogP contribution in [0.2, 0.25) is 0 Å². The standard InChI is InChI=1S/C13H15FN2O3/c1-15-12(18)11-3-2-6-16(11)13(19)9-5-4-8(17)7-10(9)14/h4-5,7,11,17H,2-3,6H2,1H3,(H,15,18). The number of halogens is 1.